The molecule has 2 aromatic heterocycles. The predicted octanol–water partition coefficient (Wildman–Crippen LogP) is 4.64. The van der Waals surface area contributed by atoms with Crippen molar-refractivity contribution in [1.82, 2.24) is 19.9 Å². The summed E-state index contributed by atoms with van der Waals surface area (Å²) in [6.07, 6.45) is 4.30. The smallest absolute Gasteiger partial charge is 0.231 e. The first-order chi connectivity index (χ1) is 13.3. The number of aromatic nitrogens is 4. The molecule has 3 rings (SSSR count). The monoisotopic (exact) mass is 396 g/mol. The van der Waals surface area contributed by atoms with E-state index in [-0.39, 0.29) is 5.41 Å². The molecule has 3 aromatic rings. The van der Waals surface area contributed by atoms with E-state index in [2.05, 4.69) is 46.0 Å². The average molecular weight is 397 g/mol. The number of rotatable bonds is 6. The Morgan fingerprint density at radius 2 is 1.75 bits per heavy atom. The van der Waals surface area contributed by atoms with Gasteiger partial charge in [-0.05, 0) is 30.2 Å². The summed E-state index contributed by atoms with van der Waals surface area (Å²) in [6.45, 7) is 7.08. The van der Waals surface area contributed by atoms with Crippen LogP contribution in [0.4, 0.5) is 17.7 Å². The minimum Gasteiger partial charge on any atom is -0.354 e. The van der Waals surface area contributed by atoms with E-state index in [9.17, 15) is 0 Å². The van der Waals surface area contributed by atoms with Gasteiger partial charge in [0.15, 0.2) is 0 Å². The van der Waals surface area contributed by atoms with Gasteiger partial charge in [0.25, 0.3) is 0 Å². The largest absolute Gasteiger partial charge is 0.354 e. The maximum absolute atomic E-state index is 6.21. The average Bonchev–Trinajstić information content (AvgIpc) is 2.68. The number of nitrogens with zero attached hydrogens (tertiary/aromatic N) is 5. The molecule has 2 heterocycles. The molecular weight excluding hydrogens is 372 g/mol. The predicted molar refractivity (Wildman–Crippen MR) is 114 cm³/mol. The third-order valence-electron chi connectivity index (χ3n) is 4.33. The van der Waals surface area contributed by atoms with Crippen molar-refractivity contribution in [2.45, 2.75) is 32.6 Å². The lowest BCUT2D eigenvalue weighted by atomic mass is 9.92. The number of hydrogen-bond acceptors (Lipinski definition) is 6. The molecule has 0 aliphatic rings. The van der Waals surface area contributed by atoms with Gasteiger partial charge in [0, 0.05) is 36.4 Å². The van der Waals surface area contributed by atoms with Crippen molar-refractivity contribution in [1.29, 1.82) is 0 Å². The van der Waals surface area contributed by atoms with Crippen molar-refractivity contribution >= 4 is 29.3 Å². The summed E-state index contributed by atoms with van der Waals surface area (Å²) in [4.78, 5) is 19.8. The third-order valence-corrected chi connectivity index (χ3v) is 4.70. The van der Waals surface area contributed by atoms with Crippen LogP contribution in [0.3, 0.4) is 0 Å². The number of benzene rings is 1. The van der Waals surface area contributed by atoms with Crippen molar-refractivity contribution in [2.75, 3.05) is 23.8 Å². The zero-order valence-electron chi connectivity index (χ0n) is 16.6. The highest BCUT2D eigenvalue weighted by Crippen LogP contribution is 2.24. The molecule has 7 heteroatoms. The van der Waals surface area contributed by atoms with E-state index in [0.717, 1.165) is 28.5 Å². The highest BCUT2D eigenvalue weighted by molar-refractivity contribution is 6.31. The molecule has 0 radical (unpaired) electrons. The van der Waals surface area contributed by atoms with Crippen LogP contribution in [0.15, 0.2) is 48.8 Å². The molecule has 146 valence electrons. The molecule has 0 spiro atoms. The second-order valence-corrected chi connectivity index (χ2v) is 7.96. The quantitative estimate of drug-likeness (QED) is 0.654. The van der Waals surface area contributed by atoms with E-state index in [4.69, 9.17) is 11.6 Å². The van der Waals surface area contributed by atoms with E-state index < -0.39 is 0 Å². The molecule has 6 nitrogen and oxygen atoms in total. The topological polar surface area (TPSA) is 66.8 Å². The van der Waals surface area contributed by atoms with Crippen molar-refractivity contribution in [3.8, 4) is 0 Å². The molecule has 0 amide bonds. The zero-order valence-corrected chi connectivity index (χ0v) is 17.4. The lowest BCUT2D eigenvalue weighted by Gasteiger charge is -2.21. The molecule has 0 unspecified atom stereocenters. The number of anilines is 3. The second kappa shape index (κ2) is 8.52. The SMILES string of the molecule is CN(c1ccnc(NCCc2ccccc2Cl)n1)c1nccc(C(C)(C)C)n1. The minimum atomic E-state index is -0.0460. The molecule has 28 heavy (non-hydrogen) atoms. The molecule has 0 fully saturated rings. The second-order valence-electron chi connectivity index (χ2n) is 7.56. The maximum atomic E-state index is 6.21. The first-order valence-electron chi connectivity index (χ1n) is 9.22. The highest BCUT2D eigenvalue weighted by Gasteiger charge is 2.18. The fourth-order valence-corrected chi connectivity index (χ4v) is 2.89. The van der Waals surface area contributed by atoms with Crippen LogP contribution in [0, 0.1) is 0 Å². The molecule has 0 aliphatic heterocycles. The van der Waals surface area contributed by atoms with Crippen molar-refractivity contribution < 1.29 is 0 Å². The van der Waals surface area contributed by atoms with Crippen LogP contribution in [0.2, 0.25) is 5.02 Å². The van der Waals surface area contributed by atoms with Crippen molar-refractivity contribution in [3.63, 3.8) is 0 Å². The molecular formula is C21H25ClN6. The summed E-state index contributed by atoms with van der Waals surface area (Å²) in [6, 6.07) is 11.6. The standard InChI is InChI=1S/C21H25ClN6/c1-21(2,3)17-10-13-25-20(26-17)28(4)18-11-14-24-19(27-18)23-12-9-15-7-5-6-8-16(15)22/h5-8,10-11,13-14H,9,12H2,1-4H3,(H,23,24,27). The molecule has 0 saturated carbocycles. The van der Waals surface area contributed by atoms with Crippen LogP contribution in [0.1, 0.15) is 32.0 Å². The van der Waals surface area contributed by atoms with Gasteiger partial charge in [-0.15, -0.1) is 0 Å². The van der Waals surface area contributed by atoms with Gasteiger partial charge in [0.05, 0.1) is 5.69 Å². The minimum absolute atomic E-state index is 0.0460. The van der Waals surface area contributed by atoms with Gasteiger partial charge in [-0.25, -0.2) is 15.0 Å². The van der Waals surface area contributed by atoms with Gasteiger partial charge in [0.2, 0.25) is 11.9 Å². The Labute approximate surface area is 171 Å². The highest BCUT2D eigenvalue weighted by atomic mass is 35.5. The molecule has 1 aromatic carbocycles. The first kappa shape index (κ1) is 20.0. The van der Waals surface area contributed by atoms with Crippen LogP contribution in [0.5, 0.6) is 0 Å². The molecule has 0 aliphatic carbocycles. The first-order valence-corrected chi connectivity index (χ1v) is 9.60. The number of halogens is 1. The van der Waals surface area contributed by atoms with Gasteiger partial charge in [-0.2, -0.15) is 4.98 Å². The van der Waals surface area contributed by atoms with E-state index >= 15 is 0 Å². The van der Waals surface area contributed by atoms with Gasteiger partial charge in [-0.3, -0.25) is 4.90 Å². The summed E-state index contributed by atoms with van der Waals surface area (Å²) in [5.41, 5.74) is 2.03. The Morgan fingerprint density at radius 3 is 2.50 bits per heavy atom. The van der Waals surface area contributed by atoms with Crippen LogP contribution in [-0.4, -0.2) is 33.5 Å². The van der Waals surface area contributed by atoms with Crippen LogP contribution in [0.25, 0.3) is 0 Å². The molecule has 0 atom stereocenters. The maximum Gasteiger partial charge on any atom is 0.231 e. The number of hydrogen-bond donors (Lipinski definition) is 1. The van der Waals surface area contributed by atoms with Crippen LogP contribution < -0.4 is 10.2 Å². The van der Waals surface area contributed by atoms with Gasteiger partial charge < -0.3 is 5.32 Å². The summed E-state index contributed by atoms with van der Waals surface area (Å²) in [5, 5.41) is 4.03. The van der Waals surface area contributed by atoms with E-state index in [1.807, 2.05) is 48.3 Å². The van der Waals surface area contributed by atoms with E-state index in [1.165, 1.54) is 0 Å². The van der Waals surface area contributed by atoms with E-state index in [0.29, 0.717) is 18.4 Å². The summed E-state index contributed by atoms with van der Waals surface area (Å²) in [7, 11) is 1.90. The fourth-order valence-electron chi connectivity index (χ4n) is 2.66. The normalized spacial score (nSPS) is 11.3. The lowest BCUT2D eigenvalue weighted by Crippen LogP contribution is -2.20. The third kappa shape index (κ3) is 4.95. The molecule has 0 bridgehead atoms. The Balaban J connectivity index is 1.70. The fraction of sp³-hybridized carbons (Fsp3) is 0.333. The lowest BCUT2D eigenvalue weighted by molar-refractivity contribution is 0.567. The van der Waals surface area contributed by atoms with Gasteiger partial charge >= 0.3 is 0 Å². The molecule has 0 saturated heterocycles. The van der Waals surface area contributed by atoms with Gasteiger partial charge in [0.1, 0.15) is 5.82 Å². The van der Waals surface area contributed by atoms with Crippen molar-refractivity contribution in [2.24, 2.45) is 0 Å². The summed E-state index contributed by atoms with van der Waals surface area (Å²) >= 11 is 6.21. The summed E-state index contributed by atoms with van der Waals surface area (Å²) in [5.74, 6) is 1.89. The van der Waals surface area contributed by atoms with Crippen LogP contribution in [-0.2, 0) is 11.8 Å². The Bertz CT molecular complexity index is 938. The molecule has 1 N–H and O–H groups in total. The Hall–Kier alpha value is -2.73. The zero-order chi connectivity index (χ0) is 20.1. The van der Waals surface area contributed by atoms with Crippen molar-refractivity contribution in [3.05, 3.63) is 65.1 Å². The Morgan fingerprint density at radius 1 is 1.00 bits per heavy atom. The van der Waals surface area contributed by atoms with E-state index in [1.54, 1.807) is 12.4 Å². The van der Waals surface area contributed by atoms with Crippen LogP contribution >= 0.6 is 11.6 Å². The summed E-state index contributed by atoms with van der Waals surface area (Å²) < 4.78 is 0. The Kier molecular flexibility index (Phi) is 6.09. The van der Waals surface area contributed by atoms with Gasteiger partial charge in [-0.1, -0.05) is 50.6 Å². The number of nitrogens with one attached hydrogen (secondary N) is 1.